The minimum atomic E-state index is 0.137. The van der Waals surface area contributed by atoms with Crippen molar-refractivity contribution in [2.24, 2.45) is 5.73 Å². The molecule has 0 spiro atoms. The van der Waals surface area contributed by atoms with Crippen molar-refractivity contribution in [3.8, 4) is 0 Å². The second-order valence-electron chi connectivity index (χ2n) is 5.15. The molecule has 0 heterocycles. The molecule has 2 aromatic carbocycles. The number of rotatable bonds is 2. The molecule has 3 N–H and O–H groups in total. The SMILES string of the molecule is Cc1ccc(NC2CC(N)c3ccccc32)c(Br)c1. The smallest absolute Gasteiger partial charge is 0.0535 e. The molecule has 1 aliphatic carbocycles. The van der Waals surface area contributed by atoms with Crippen LogP contribution >= 0.6 is 15.9 Å². The predicted octanol–water partition coefficient (Wildman–Crippen LogP) is 4.31. The van der Waals surface area contributed by atoms with Crippen LogP contribution in [-0.2, 0) is 0 Å². The first-order valence-corrected chi connectivity index (χ1v) is 7.31. The average Bonchev–Trinajstić information content (AvgIpc) is 2.71. The van der Waals surface area contributed by atoms with Crippen molar-refractivity contribution in [1.29, 1.82) is 0 Å². The zero-order valence-electron chi connectivity index (χ0n) is 10.9. The highest BCUT2D eigenvalue weighted by atomic mass is 79.9. The molecule has 2 aromatic rings. The van der Waals surface area contributed by atoms with Gasteiger partial charge in [-0.05, 0) is 58.1 Å². The highest BCUT2D eigenvalue weighted by Gasteiger charge is 2.28. The molecule has 3 rings (SSSR count). The third kappa shape index (κ3) is 2.40. The molecule has 2 nitrogen and oxygen atoms in total. The van der Waals surface area contributed by atoms with Gasteiger partial charge in [0.1, 0.15) is 0 Å². The van der Waals surface area contributed by atoms with E-state index in [1.165, 1.54) is 16.7 Å². The van der Waals surface area contributed by atoms with Crippen LogP contribution in [0, 0.1) is 6.92 Å². The van der Waals surface area contributed by atoms with Crippen LogP contribution in [0.4, 0.5) is 5.69 Å². The summed E-state index contributed by atoms with van der Waals surface area (Å²) in [5, 5.41) is 3.60. The first kappa shape index (κ1) is 12.7. The summed E-state index contributed by atoms with van der Waals surface area (Å²) in [6.07, 6.45) is 0.944. The van der Waals surface area contributed by atoms with E-state index in [0.29, 0.717) is 6.04 Å². The zero-order chi connectivity index (χ0) is 13.4. The van der Waals surface area contributed by atoms with Crippen molar-refractivity contribution in [2.45, 2.75) is 25.4 Å². The molecule has 0 aromatic heterocycles. The van der Waals surface area contributed by atoms with Gasteiger partial charge < -0.3 is 11.1 Å². The second-order valence-corrected chi connectivity index (χ2v) is 6.01. The lowest BCUT2D eigenvalue weighted by atomic mass is 10.1. The summed E-state index contributed by atoms with van der Waals surface area (Å²) in [6.45, 7) is 2.09. The Hall–Kier alpha value is -1.32. The molecular weight excluding hydrogens is 300 g/mol. The average molecular weight is 317 g/mol. The highest BCUT2D eigenvalue weighted by molar-refractivity contribution is 9.10. The molecule has 0 radical (unpaired) electrons. The lowest BCUT2D eigenvalue weighted by molar-refractivity contribution is 0.648. The van der Waals surface area contributed by atoms with Crippen molar-refractivity contribution in [2.75, 3.05) is 5.32 Å². The molecule has 0 fully saturated rings. The fourth-order valence-corrected chi connectivity index (χ4v) is 3.34. The van der Waals surface area contributed by atoms with E-state index in [1.807, 2.05) is 0 Å². The standard InChI is InChI=1S/C16H17BrN2/c1-10-6-7-15(13(17)8-10)19-16-9-14(18)11-4-2-3-5-12(11)16/h2-8,14,16,19H,9,18H2,1H3. The number of benzene rings is 2. The maximum atomic E-state index is 6.20. The van der Waals surface area contributed by atoms with Gasteiger partial charge in [-0.25, -0.2) is 0 Å². The van der Waals surface area contributed by atoms with Gasteiger partial charge in [0, 0.05) is 16.2 Å². The largest absolute Gasteiger partial charge is 0.377 e. The Morgan fingerprint density at radius 3 is 2.63 bits per heavy atom. The number of fused-ring (bicyclic) bond motifs is 1. The topological polar surface area (TPSA) is 38.0 Å². The summed E-state index contributed by atoms with van der Waals surface area (Å²) >= 11 is 3.62. The van der Waals surface area contributed by atoms with Crippen molar-refractivity contribution in [1.82, 2.24) is 0 Å². The molecule has 0 bridgehead atoms. The Balaban J connectivity index is 1.89. The summed E-state index contributed by atoms with van der Waals surface area (Å²) < 4.78 is 1.10. The van der Waals surface area contributed by atoms with Crippen LogP contribution in [0.3, 0.4) is 0 Å². The number of halogens is 1. The Kier molecular flexibility index (Phi) is 3.33. The summed E-state index contributed by atoms with van der Waals surface area (Å²) in [5.74, 6) is 0. The number of hydrogen-bond donors (Lipinski definition) is 2. The Bertz CT molecular complexity index is 609. The summed E-state index contributed by atoms with van der Waals surface area (Å²) in [7, 11) is 0. The minimum Gasteiger partial charge on any atom is -0.377 e. The molecule has 0 saturated carbocycles. The molecule has 0 aliphatic heterocycles. The van der Waals surface area contributed by atoms with Gasteiger partial charge in [-0.15, -0.1) is 0 Å². The zero-order valence-corrected chi connectivity index (χ0v) is 12.4. The van der Waals surface area contributed by atoms with Gasteiger partial charge in [0.15, 0.2) is 0 Å². The van der Waals surface area contributed by atoms with Gasteiger partial charge >= 0.3 is 0 Å². The van der Waals surface area contributed by atoms with Crippen molar-refractivity contribution < 1.29 is 0 Å². The number of nitrogens with two attached hydrogens (primary N) is 1. The van der Waals surface area contributed by atoms with Gasteiger partial charge in [-0.1, -0.05) is 30.3 Å². The number of nitrogens with one attached hydrogen (secondary N) is 1. The first-order valence-electron chi connectivity index (χ1n) is 6.52. The van der Waals surface area contributed by atoms with Crippen LogP contribution in [0.5, 0.6) is 0 Å². The Labute approximate surface area is 122 Å². The molecule has 2 atom stereocenters. The normalized spacial score (nSPS) is 21.2. The van der Waals surface area contributed by atoms with Crippen LogP contribution in [0.2, 0.25) is 0 Å². The van der Waals surface area contributed by atoms with Gasteiger partial charge in [0.2, 0.25) is 0 Å². The van der Waals surface area contributed by atoms with Gasteiger partial charge in [-0.2, -0.15) is 0 Å². The van der Waals surface area contributed by atoms with E-state index >= 15 is 0 Å². The van der Waals surface area contributed by atoms with E-state index in [9.17, 15) is 0 Å². The van der Waals surface area contributed by atoms with E-state index in [2.05, 4.69) is 70.6 Å². The molecule has 0 amide bonds. The van der Waals surface area contributed by atoms with Crippen LogP contribution in [-0.4, -0.2) is 0 Å². The maximum absolute atomic E-state index is 6.20. The van der Waals surface area contributed by atoms with E-state index in [0.717, 1.165) is 16.6 Å². The fourth-order valence-electron chi connectivity index (χ4n) is 2.74. The maximum Gasteiger partial charge on any atom is 0.0535 e. The lowest BCUT2D eigenvalue weighted by Gasteiger charge is -2.17. The van der Waals surface area contributed by atoms with E-state index in [1.54, 1.807) is 0 Å². The van der Waals surface area contributed by atoms with Gasteiger partial charge in [0.25, 0.3) is 0 Å². The van der Waals surface area contributed by atoms with Crippen LogP contribution in [0.1, 0.15) is 35.2 Å². The molecule has 0 saturated heterocycles. The monoisotopic (exact) mass is 316 g/mol. The van der Waals surface area contributed by atoms with Gasteiger partial charge in [0.05, 0.1) is 6.04 Å². The Morgan fingerprint density at radius 2 is 1.89 bits per heavy atom. The van der Waals surface area contributed by atoms with Crippen LogP contribution in [0.15, 0.2) is 46.9 Å². The van der Waals surface area contributed by atoms with Crippen LogP contribution in [0.25, 0.3) is 0 Å². The number of hydrogen-bond acceptors (Lipinski definition) is 2. The highest BCUT2D eigenvalue weighted by Crippen LogP contribution is 2.40. The second kappa shape index (κ2) is 4.99. The van der Waals surface area contributed by atoms with Gasteiger partial charge in [-0.3, -0.25) is 0 Å². The minimum absolute atomic E-state index is 0.137. The molecule has 1 aliphatic rings. The summed E-state index contributed by atoms with van der Waals surface area (Å²) in [6, 6.07) is 15.2. The molecular formula is C16H17BrN2. The summed E-state index contributed by atoms with van der Waals surface area (Å²) in [5.41, 5.74) is 11.2. The van der Waals surface area contributed by atoms with E-state index in [-0.39, 0.29) is 6.04 Å². The Morgan fingerprint density at radius 1 is 1.16 bits per heavy atom. The van der Waals surface area contributed by atoms with Crippen molar-refractivity contribution >= 4 is 21.6 Å². The first-order chi connectivity index (χ1) is 9.15. The molecule has 3 heteroatoms. The lowest BCUT2D eigenvalue weighted by Crippen LogP contribution is -2.10. The number of aryl methyl sites for hydroxylation is 1. The van der Waals surface area contributed by atoms with Crippen LogP contribution < -0.4 is 11.1 Å². The molecule has 98 valence electrons. The molecule has 2 unspecified atom stereocenters. The summed E-state index contributed by atoms with van der Waals surface area (Å²) in [4.78, 5) is 0. The van der Waals surface area contributed by atoms with Crippen molar-refractivity contribution in [3.05, 3.63) is 63.6 Å². The quantitative estimate of drug-likeness (QED) is 0.866. The third-order valence-corrected chi connectivity index (χ3v) is 4.37. The van der Waals surface area contributed by atoms with E-state index in [4.69, 9.17) is 5.73 Å². The predicted molar refractivity (Wildman–Crippen MR) is 83.2 cm³/mol. The third-order valence-electron chi connectivity index (χ3n) is 3.71. The fraction of sp³-hybridized carbons (Fsp3) is 0.250. The number of anilines is 1. The van der Waals surface area contributed by atoms with Crippen molar-refractivity contribution in [3.63, 3.8) is 0 Å². The van der Waals surface area contributed by atoms with E-state index < -0.39 is 0 Å². The molecule has 19 heavy (non-hydrogen) atoms.